The highest BCUT2D eigenvalue weighted by Crippen LogP contribution is 2.28. The van der Waals surface area contributed by atoms with Gasteiger partial charge in [-0.2, -0.15) is 4.98 Å². The van der Waals surface area contributed by atoms with Gasteiger partial charge in [-0.1, -0.05) is 35.5 Å². The molecule has 8 nitrogen and oxygen atoms in total. The number of hydrogen-bond donors (Lipinski definition) is 0. The van der Waals surface area contributed by atoms with Gasteiger partial charge < -0.3 is 18.7 Å². The third-order valence-electron chi connectivity index (χ3n) is 6.46. The number of carbonyl (C=O) groups is 1. The van der Waals surface area contributed by atoms with E-state index in [1.54, 1.807) is 18.5 Å². The van der Waals surface area contributed by atoms with Crippen LogP contribution in [0.1, 0.15) is 27.4 Å². The number of ketones is 1. The van der Waals surface area contributed by atoms with E-state index in [1.807, 2.05) is 61.7 Å². The average Bonchev–Trinajstić information content (AvgIpc) is 3.33. The van der Waals surface area contributed by atoms with E-state index in [-0.39, 0.29) is 17.8 Å². The van der Waals surface area contributed by atoms with Gasteiger partial charge in [-0.25, -0.2) is 0 Å². The number of anilines is 1. The van der Waals surface area contributed by atoms with Crippen LogP contribution >= 0.6 is 0 Å². The van der Waals surface area contributed by atoms with Crippen LogP contribution in [0, 0.1) is 13.8 Å². The van der Waals surface area contributed by atoms with Crippen molar-refractivity contribution in [3.63, 3.8) is 0 Å². The first kappa shape index (κ1) is 23.7. The molecule has 0 radical (unpaired) electrons. The zero-order valence-electron chi connectivity index (χ0n) is 20.7. The Morgan fingerprint density at radius 2 is 1.83 bits per heavy atom. The topological polar surface area (TPSA) is 90.5 Å². The first-order valence-electron chi connectivity index (χ1n) is 12.0. The van der Waals surface area contributed by atoms with Crippen LogP contribution in [0.5, 0.6) is 0 Å². The molecule has 0 N–H and O–H groups in total. The number of benzene rings is 2. The zero-order valence-corrected chi connectivity index (χ0v) is 20.7. The molecule has 2 aromatic carbocycles. The van der Waals surface area contributed by atoms with Crippen molar-refractivity contribution in [2.45, 2.75) is 20.3 Å². The van der Waals surface area contributed by atoms with E-state index in [0.717, 1.165) is 27.8 Å². The van der Waals surface area contributed by atoms with Gasteiger partial charge >= 0.3 is 0 Å². The summed E-state index contributed by atoms with van der Waals surface area (Å²) in [5.74, 6) is 1.01. The highest BCUT2D eigenvalue weighted by Gasteiger charge is 2.18. The highest BCUT2D eigenvalue weighted by atomic mass is 16.5. The molecule has 4 aromatic rings. The quantitative estimate of drug-likeness (QED) is 0.382. The molecule has 0 unspecified atom stereocenters. The fourth-order valence-electron chi connectivity index (χ4n) is 4.50. The van der Waals surface area contributed by atoms with Crippen molar-refractivity contribution >= 4 is 11.5 Å². The Morgan fingerprint density at radius 1 is 1.03 bits per heavy atom. The molecule has 3 heterocycles. The average molecular weight is 485 g/mol. The molecule has 2 aromatic heterocycles. The summed E-state index contributed by atoms with van der Waals surface area (Å²) >= 11 is 0. The Morgan fingerprint density at radius 3 is 2.58 bits per heavy atom. The van der Waals surface area contributed by atoms with E-state index in [2.05, 4.69) is 15.0 Å². The predicted octanol–water partition coefficient (Wildman–Crippen LogP) is 3.98. The van der Waals surface area contributed by atoms with E-state index in [0.29, 0.717) is 49.3 Å². The smallest absolute Gasteiger partial charge is 0.273 e. The number of rotatable bonds is 6. The summed E-state index contributed by atoms with van der Waals surface area (Å²) in [6, 6.07) is 15.3. The van der Waals surface area contributed by atoms with Crippen molar-refractivity contribution < 1.29 is 14.1 Å². The second-order valence-electron chi connectivity index (χ2n) is 9.10. The number of nitrogens with zero attached hydrogens (tertiary/aromatic N) is 4. The van der Waals surface area contributed by atoms with Crippen molar-refractivity contribution in [3.8, 4) is 22.5 Å². The SMILES string of the molecule is Cc1nc(-c2cccc(CC(=O)c3ccc(C)c(-c4cc(N5CCOCC5)c(=O)n(C)c4)c3)c2)no1. The summed E-state index contributed by atoms with van der Waals surface area (Å²) in [5, 5.41) is 3.97. The standard InChI is InChI=1S/C28H28N4O4/c1-18-7-8-21(26(33)14-20-5-4-6-22(13-20)27-29-19(2)36-30-27)15-24(18)23-16-25(28(34)31(3)17-23)32-9-11-35-12-10-32/h4-8,13,15-17H,9-12,14H2,1-3H3. The van der Waals surface area contributed by atoms with Crippen molar-refractivity contribution in [1.29, 1.82) is 0 Å². The summed E-state index contributed by atoms with van der Waals surface area (Å²) in [6.45, 7) is 6.32. The lowest BCUT2D eigenvalue weighted by Crippen LogP contribution is -2.40. The van der Waals surface area contributed by atoms with Gasteiger partial charge in [0.05, 0.1) is 13.2 Å². The van der Waals surface area contributed by atoms with E-state index in [1.165, 1.54) is 0 Å². The van der Waals surface area contributed by atoms with Crippen LogP contribution in [0.3, 0.4) is 0 Å². The fraction of sp³-hybridized carbons (Fsp3) is 0.286. The number of morpholine rings is 1. The lowest BCUT2D eigenvalue weighted by atomic mass is 9.95. The Balaban J connectivity index is 1.44. The van der Waals surface area contributed by atoms with Gasteiger partial charge in [-0.05, 0) is 41.8 Å². The molecule has 0 spiro atoms. The van der Waals surface area contributed by atoms with Crippen LogP contribution in [0.4, 0.5) is 5.69 Å². The largest absolute Gasteiger partial charge is 0.378 e. The molecule has 1 saturated heterocycles. The molecule has 0 atom stereocenters. The molecule has 0 saturated carbocycles. The van der Waals surface area contributed by atoms with Gasteiger partial charge in [-0.15, -0.1) is 0 Å². The van der Waals surface area contributed by atoms with Crippen LogP contribution < -0.4 is 10.5 Å². The van der Waals surface area contributed by atoms with Crippen molar-refractivity contribution in [1.82, 2.24) is 14.7 Å². The summed E-state index contributed by atoms with van der Waals surface area (Å²) in [5.41, 5.74) is 5.79. The Kier molecular flexibility index (Phi) is 6.52. The maximum absolute atomic E-state index is 13.3. The molecule has 0 aliphatic carbocycles. The van der Waals surface area contributed by atoms with Gasteiger partial charge in [0.1, 0.15) is 5.69 Å². The maximum Gasteiger partial charge on any atom is 0.273 e. The van der Waals surface area contributed by atoms with Crippen LogP contribution in [0.2, 0.25) is 0 Å². The highest BCUT2D eigenvalue weighted by molar-refractivity contribution is 5.99. The fourth-order valence-corrected chi connectivity index (χ4v) is 4.50. The molecule has 36 heavy (non-hydrogen) atoms. The number of hydrogen-bond acceptors (Lipinski definition) is 7. The molecule has 8 heteroatoms. The van der Waals surface area contributed by atoms with Crippen molar-refractivity contribution in [3.05, 3.63) is 87.7 Å². The lowest BCUT2D eigenvalue weighted by Gasteiger charge is -2.29. The molecular weight excluding hydrogens is 456 g/mol. The summed E-state index contributed by atoms with van der Waals surface area (Å²) < 4.78 is 12.1. The number of ether oxygens (including phenoxy) is 1. The second kappa shape index (κ2) is 9.91. The minimum Gasteiger partial charge on any atom is -0.378 e. The number of Topliss-reactive ketones (excluding diaryl/α,β-unsaturated/α-hetero) is 1. The van der Waals surface area contributed by atoms with Gasteiger partial charge in [-0.3, -0.25) is 9.59 Å². The lowest BCUT2D eigenvalue weighted by molar-refractivity contribution is 0.0993. The molecule has 0 amide bonds. The molecule has 184 valence electrons. The molecule has 1 aliphatic heterocycles. The van der Waals surface area contributed by atoms with E-state index >= 15 is 0 Å². The third-order valence-corrected chi connectivity index (χ3v) is 6.46. The van der Waals surface area contributed by atoms with E-state index in [4.69, 9.17) is 9.26 Å². The molecule has 5 rings (SSSR count). The first-order valence-corrected chi connectivity index (χ1v) is 12.0. The Labute approximate surface area is 209 Å². The Bertz CT molecular complexity index is 1480. The number of carbonyl (C=O) groups excluding carboxylic acids is 1. The normalized spacial score (nSPS) is 13.7. The minimum absolute atomic E-state index is 0.0101. The molecule has 0 bridgehead atoms. The molecule has 1 fully saturated rings. The van der Waals surface area contributed by atoms with Gasteiger partial charge in [0.2, 0.25) is 11.7 Å². The summed E-state index contributed by atoms with van der Waals surface area (Å²) in [7, 11) is 1.76. The zero-order chi connectivity index (χ0) is 25.2. The number of pyridine rings is 1. The third kappa shape index (κ3) is 4.85. The van der Waals surface area contributed by atoms with Gasteiger partial charge in [0, 0.05) is 56.4 Å². The second-order valence-corrected chi connectivity index (χ2v) is 9.10. The van der Waals surface area contributed by atoms with Crippen molar-refractivity contribution in [2.75, 3.05) is 31.2 Å². The summed E-state index contributed by atoms with van der Waals surface area (Å²) in [6.07, 6.45) is 2.08. The van der Waals surface area contributed by atoms with Gasteiger partial charge in [0.25, 0.3) is 5.56 Å². The van der Waals surface area contributed by atoms with E-state index in [9.17, 15) is 9.59 Å². The van der Waals surface area contributed by atoms with E-state index < -0.39 is 0 Å². The number of aryl methyl sites for hydroxylation is 3. The monoisotopic (exact) mass is 484 g/mol. The van der Waals surface area contributed by atoms with Gasteiger partial charge in [0.15, 0.2) is 5.78 Å². The van der Waals surface area contributed by atoms with Crippen molar-refractivity contribution in [2.24, 2.45) is 7.05 Å². The molecular formula is C28H28N4O4. The first-order chi connectivity index (χ1) is 17.4. The molecule has 1 aliphatic rings. The van der Waals surface area contributed by atoms with Crippen LogP contribution in [0.25, 0.3) is 22.5 Å². The predicted molar refractivity (Wildman–Crippen MR) is 137 cm³/mol. The number of aromatic nitrogens is 3. The maximum atomic E-state index is 13.3. The van der Waals surface area contributed by atoms with Crippen LogP contribution in [-0.4, -0.2) is 46.8 Å². The summed E-state index contributed by atoms with van der Waals surface area (Å²) in [4.78, 5) is 32.5. The Hall–Kier alpha value is -4.04. The van der Waals surface area contributed by atoms with Crippen LogP contribution in [-0.2, 0) is 18.2 Å². The minimum atomic E-state index is -0.0396. The van der Waals surface area contributed by atoms with Crippen LogP contribution in [0.15, 0.2) is 64.0 Å².